The Morgan fingerprint density at radius 3 is 2.88 bits per heavy atom. The van der Waals surface area contributed by atoms with Crippen LogP contribution in [0.1, 0.15) is 11.8 Å². The fraction of sp³-hybridized carbons (Fsp3) is 0.167. The maximum Gasteiger partial charge on any atom is 0.293 e. The molecule has 0 bridgehead atoms. The van der Waals surface area contributed by atoms with Crippen molar-refractivity contribution in [1.82, 2.24) is 4.98 Å². The first kappa shape index (κ1) is 11.2. The van der Waals surface area contributed by atoms with E-state index in [4.69, 9.17) is 9.15 Å². The molecular formula is C12H12N2O3. The van der Waals surface area contributed by atoms with Crippen molar-refractivity contribution in [2.24, 2.45) is 0 Å². The van der Waals surface area contributed by atoms with Crippen LogP contribution in [0.2, 0.25) is 0 Å². The highest BCUT2D eigenvalue weighted by atomic mass is 16.5. The Bertz CT molecular complexity index is 442. The third kappa shape index (κ3) is 3.07. The lowest BCUT2D eigenvalue weighted by atomic mass is 10.2. The molecule has 0 aliphatic rings. The lowest BCUT2D eigenvalue weighted by Crippen LogP contribution is -2.16. The maximum absolute atomic E-state index is 10.2. The van der Waals surface area contributed by atoms with E-state index in [0.717, 1.165) is 5.69 Å². The average Bonchev–Trinajstić information content (AvgIpc) is 2.89. The van der Waals surface area contributed by atoms with E-state index in [2.05, 4.69) is 10.3 Å². The van der Waals surface area contributed by atoms with Crippen LogP contribution in [0.25, 0.3) is 0 Å². The highest BCUT2D eigenvalue weighted by Gasteiger charge is 2.15. The van der Waals surface area contributed by atoms with E-state index in [1.165, 1.54) is 6.39 Å². The van der Waals surface area contributed by atoms with Crippen molar-refractivity contribution in [2.45, 2.75) is 6.04 Å². The fourth-order valence-electron chi connectivity index (χ4n) is 1.46. The Morgan fingerprint density at radius 2 is 2.24 bits per heavy atom. The third-order valence-electron chi connectivity index (χ3n) is 2.24. The largest absolute Gasteiger partial charge is 0.465 e. The van der Waals surface area contributed by atoms with E-state index in [1.54, 1.807) is 6.20 Å². The van der Waals surface area contributed by atoms with Crippen molar-refractivity contribution in [1.29, 1.82) is 0 Å². The summed E-state index contributed by atoms with van der Waals surface area (Å²) in [5.74, 6) is 0.621. The molecule has 1 aromatic carbocycles. The Morgan fingerprint density at radius 1 is 1.41 bits per heavy atom. The van der Waals surface area contributed by atoms with E-state index in [1.807, 2.05) is 30.3 Å². The molecule has 5 heteroatoms. The molecule has 1 heterocycles. The van der Waals surface area contributed by atoms with E-state index in [9.17, 15) is 4.79 Å². The minimum absolute atomic E-state index is 0.188. The number of benzene rings is 1. The number of nitrogens with one attached hydrogen (secondary N) is 1. The van der Waals surface area contributed by atoms with Gasteiger partial charge in [-0.15, -0.1) is 0 Å². The molecule has 17 heavy (non-hydrogen) atoms. The molecule has 1 atom stereocenters. The second-order valence-electron chi connectivity index (χ2n) is 3.40. The van der Waals surface area contributed by atoms with Crippen LogP contribution in [0.15, 0.2) is 47.3 Å². The Balaban J connectivity index is 2.08. The van der Waals surface area contributed by atoms with Crippen LogP contribution >= 0.6 is 0 Å². The third-order valence-corrected chi connectivity index (χ3v) is 2.24. The molecule has 0 aliphatic heterocycles. The van der Waals surface area contributed by atoms with E-state index >= 15 is 0 Å². The number of hydrogen-bond acceptors (Lipinski definition) is 5. The molecule has 1 unspecified atom stereocenters. The molecule has 1 aromatic heterocycles. The molecule has 5 nitrogen and oxygen atoms in total. The molecule has 1 N–H and O–H groups in total. The van der Waals surface area contributed by atoms with Gasteiger partial charge in [0.2, 0.25) is 0 Å². The summed E-state index contributed by atoms with van der Waals surface area (Å²) < 4.78 is 9.96. The van der Waals surface area contributed by atoms with Crippen molar-refractivity contribution in [2.75, 3.05) is 11.9 Å². The van der Waals surface area contributed by atoms with Crippen LogP contribution in [-0.2, 0) is 9.53 Å². The number of anilines is 1. The molecule has 2 aromatic rings. The fourth-order valence-corrected chi connectivity index (χ4v) is 1.46. The molecule has 0 radical (unpaired) electrons. The van der Waals surface area contributed by atoms with Gasteiger partial charge in [0.1, 0.15) is 18.4 Å². The summed E-state index contributed by atoms with van der Waals surface area (Å²) in [5.41, 5.74) is 0.920. The number of carbonyl (C=O) groups is 1. The van der Waals surface area contributed by atoms with Gasteiger partial charge in [0.05, 0.1) is 6.20 Å². The zero-order valence-corrected chi connectivity index (χ0v) is 9.08. The van der Waals surface area contributed by atoms with Gasteiger partial charge in [0, 0.05) is 5.69 Å². The summed E-state index contributed by atoms with van der Waals surface area (Å²) in [6, 6.07) is 9.36. The minimum Gasteiger partial charge on any atom is -0.465 e. The van der Waals surface area contributed by atoms with Gasteiger partial charge in [-0.1, -0.05) is 18.2 Å². The molecule has 0 saturated carbocycles. The van der Waals surface area contributed by atoms with Gasteiger partial charge in [-0.3, -0.25) is 4.79 Å². The summed E-state index contributed by atoms with van der Waals surface area (Å²) >= 11 is 0. The highest BCUT2D eigenvalue weighted by Crippen LogP contribution is 2.19. The van der Waals surface area contributed by atoms with E-state index in [-0.39, 0.29) is 12.6 Å². The number of oxazole rings is 1. The molecule has 2 rings (SSSR count). The predicted octanol–water partition coefficient (Wildman–Crippen LogP) is 2.00. The van der Waals surface area contributed by atoms with E-state index in [0.29, 0.717) is 12.2 Å². The topological polar surface area (TPSA) is 64.4 Å². The zero-order chi connectivity index (χ0) is 11.9. The summed E-state index contributed by atoms with van der Waals surface area (Å²) in [6.07, 6.45) is 2.94. The van der Waals surface area contributed by atoms with Gasteiger partial charge >= 0.3 is 0 Å². The molecule has 0 fully saturated rings. The lowest BCUT2D eigenvalue weighted by Gasteiger charge is -2.16. The molecular weight excluding hydrogens is 220 g/mol. The van der Waals surface area contributed by atoms with Crippen LogP contribution in [-0.4, -0.2) is 18.1 Å². The quantitative estimate of drug-likeness (QED) is 0.772. The van der Waals surface area contributed by atoms with Gasteiger partial charge in [-0.05, 0) is 12.1 Å². The summed E-state index contributed by atoms with van der Waals surface area (Å²) in [5, 5.41) is 3.20. The van der Waals surface area contributed by atoms with Crippen molar-refractivity contribution >= 4 is 12.2 Å². The second kappa shape index (κ2) is 5.69. The van der Waals surface area contributed by atoms with Crippen molar-refractivity contribution in [3.05, 3.63) is 48.7 Å². The standard InChI is InChI=1S/C12H12N2O3/c15-9-16-7-11(12-6-13-8-17-12)14-10-4-2-1-3-5-10/h1-6,8-9,11,14H,7H2. The summed E-state index contributed by atoms with van der Waals surface area (Å²) in [4.78, 5) is 14.1. The Labute approximate surface area is 98.4 Å². The first-order valence-corrected chi connectivity index (χ1v) is 5.15. The molecule has 0 saturated heterocycles. The van der Waals surface area contributed by atoms with Gasteiger partial charge in [0.25, 0.3) is 6.47 Å². The summed E-state index contributed by atoms with van der Waals surface area (Å²) in [7, 11) is 0. The number of hydrogen-bond donors (Lipinski definition) is 1. The normalized spacial score (nSPS) is 11.8. The SMILES string of the molecule is O=COCC(Nc1ccccc1)c1cnco1. The van der Waals surface area contributed by atoms with Crippen LogP contribution in [0.5, 0.6) is 0 Å². The van der Waals surface area contributed by atoms with Crippen molar-refractivity contribution in [3.8, 4) is 0 Å². The molecule has 0 amide bonds. The predicted molar refractivity (Wildman–Crippen MR) is 61.3 cm³/mol. The molecule has 88 valence electrons. The van der Waals surface area contributed by atoms with Crippen LogP contribution in [0.4, 0.5) is 5.69 Å². The van der Waals surface area contributed by atoms with E-state index < -0.39 is 0 Å². The Hall–Kier alpha value is -2.30. The van der Waals surface area contributed by atoms with Crippen molar-refractivity contribution in [3.63, 3.8) is 0 Å². The van der Waals surface area contributed by atoms with Gasteiger partial charge in [-0.25, -0.2) is 4.98 Å². The van der Waals surface area contributed by atoms with Crippen LogP contribution in [0.3, 0.4) is 0 Å². The van der Waals surface area contributed by atoms with Gasteiger partial charge in [0.15, 0.2) is 6.39 Å². The minimum atomic E-state index is -0.245. The first-order chi connectivity index (χ1) is 8.40. The second-order valence-corrected chi connectivity index (χ2v) is 3.40. The smallest absolute Gasteiger partial charge is 0.293 e. The molecule has 0 spiro atoms. The number of aromatic nitrogens is 1. The molecule has 0 aliphatic carbocycles. The van der Waals surface area contributed by atoms with Gasteiger partial charge < -0.3 is 14.5 Å². The van der Waals surface area contributed by atoms with Crippen LogP contribution in [0, 0.1) is 0 Å². The average molecular weight is 232 g/mol. The highest BCUT2D eigenvalue weighted by molar-refractivity contribution is 5.44. The van der Waals surface area contributed by atoms with Gasteiger partial charge in [-0.2, -0.15) is 0 Å². The number of para-hydroxylation sites is 1. The van der Waals surface area contributed by atoms with Crippen molar-refractivity contribution < 1.29 is 13.9 Å². The first-order valence-electron chi connectivity index (χ1n) is 5.15. The summed E-state index contributed by atoms with van der Waals surface area (Å²) in [6.45, 7) is 0.601. The Kier molecular flexibility index (Phi) is 3.75. The number of nitrogens with zero attached hydrogens (tertiary/aromatic N) is 1. The van der Waals surface area contributed by atoms with Crippen LogP contribution < -0.4 is 5.32 Å². The zero-order valence-electron chi connectivity index (χ0n) is 9.08. The number of rotatable bonds is 6. The number of carbonyl (C=O) groups excluding carboxylic acids is 1. The maximum atomic E-state index is 10.2. The monoisotopic (exact) mass is 232 g/mol. The number of ether oxygens (including phenoxy) is 1. The lowest BCUT2D eigenvalue weighted by molar-refractivity contribution is -0.129.